The fourth-order valence-corrected chi connectivity index (χ4v) is 3.76. The number of thioether (sulfide) groups is 1. The van der Waals surface area contributed by atoms with Gasteiger partial charge >= 0.3 is 0 Å². The highest BCUT2D eigenvalue weighted by atomic mass is 32.2. The third-order valence-electron chi connectivity index (χ3n) is 3.32. The van der Waals surface area contributed by atoms with Gasteiger partial charge < -0.3 is 10.1 Å². The van der Waals surface area contributed by atoms with Crippen molar-refractivity contribution in [3.05, 3.63) is 11.9 Å². The Kier molecular flexibility index (Phi) is 4.34. The average Bonchev–Trinajstić information content (AvgIpc) is 2.95. The summed E-state index contributed by atoms with van der Waals surface area (Å²) in [5.74, 6) is 4.08. The van der Waals surface area contributed by atoms with Crippen LogP contribution in [0, 0.1) is 5.92 Å². The SMILES string of the molecule is CCNC(c1c(OC)cnn1C)C1CCSC1. The highest BCUT2D eigenvalue weighted by molar-refractivity contribution is 7.99. The summed E-state index contributed by atoms with van der Waals surface area (Å²) in [7, 11) is 3.71. The van der Waals surface area contributed by atoms with Crippen LogP contribution in [0.3, 0.4) is 0 Å². The Labute approximate surface area is 107 Å². The third kappa shape index (κ3) is 2.60. The van der Waals surface area contributed by atoms with Crippen LogP contribution in [0.2, 0.25) is 0 Å². The highest BCUT2D eigenvalue weighted by Crippen LogP contribution is 2.37. The van der Waals surface area contributed by atoms with Crippen molar-refractivity contribution in [2.24, 2.45) is 13.0 Å². The Balaban J connectivity index is 2.27. The lowest BCUT2D eigenvalue weighted by molar-refractivity contribution is 0.351. The Morgan fingerprint density at radius 2 is 2.53 bits per heavy atom. The standard InChI is InChI=1S/C12H21N3OS/c1-4-13-11(9-5-6-17-8-9)12-10(16-3)7-14-15(12)2/h7,9,11,13H,4-6,8H2,1-3H3. The first-order valence-electron chi connectivity index (χ1n) is 6.15. The van der Waals surface area contributed by atoms with Gasteiger partial charge in [0, 0.05) is 7.05 Å². The number of nitrogens with one attached hydrogen (secondary N) is 1. The first-order chi connectivity index (χ1) is 8.27. The van der Waals surface area contributed by atoms with Crippen LogP contribution in [0.25, 0.3) is 0 Å². The molecule has 1 saturated heterocycles. The van der Waals surface area contributed by atoms with Crippen LogP contribution in [0.1, 0.15) is 25.1 Å². The molecule has 2 atom stereocenters. The lowest BCUT2D eigenvalue weighted by Crippen LogP contribution is -2.30. The van der Waals surface area contributed by atoms with E-state index in [4.69, 9.17) is 4.74 Å². The lowest BCUT2D eigenvalue weighted by Gasteiger charge is -2.24. The van der Waals surface area contributed by atoms with E-state index in [0.29, 0.717) is 12.0 Å². The predicted octanol–water partition coefficient (Wildman–Crippen LogP) is 1.83. The summed E-state index contributed by atoms with van der Waals surface area (Å²) in [4.78, 5) is 0. The lowest BCUT2D eigenvalue weighted by atomic mass is 9.95. The smallest absolute Gasteiger partial charge is 0.161 e. The predicted molar refractivity (Wildman–Crippen MR) is 71.6 cm³/mol. The Hall–Kier alpha value is -0.680. The molecule has 2 heterocycles. The molecule has 0 saturated carbocycles. The Morgan fingerprint density at radius 1 is 1.71 bits per heavy atom. The van der Waals surface area contributed by atoms with Gasteiger partial charge in [0.2, 0.25) is 0 Å². The van der Waals surface area contributed by atoms with Gasteiger partial charge in [-0.1, -0.05) is 6.92 Å². The molecule has 1 aromatic heterocycles. The first kappa shape index (κ1) is 12.8. The quantitative estimate of drug-likeness (QED) is 0.871. The maximum atomic E-state index is 5.42. The van der Waals surface area contributed by atoms with Crippen molar-refractivity contribution in [3.63, 3.8) is 0 Å². The highest BCUT2D eigenvalue weighted by Gasteiger charge is 2.30. The average molecular weight is 255 g/mol. The van der Waals surface area contributed by atoms with Crippen LogP contribution < -0.4 is 10.1 Å². The number of ether oxygens (including phenoxy) is 1. The molecule has 1 N–H and O–H groups in total. The molecule has 0 spiro atoms. The van der Waals surface area contributed by atoms with E-state index in [1.54, 1.807) is 7.11 Å². The monoisotopic (exact) mass is 255 g/mol. The molecule has 2 unspecified atom stereocenters. The van der Waals surface area contributed by atoms with Gasteiger partial charge in [0.25, 0.3) is 0 Å². The fraction of sp³-hybridized carbons (Fsp3) is 0.750. The van der Waals surface area contributed by atoms with Gasteiger partial charge in [0.05, 0.1) is 25.0 Å². The minimum absolute atomic E-state index is 0.359. The number of hydrogen-bond acceptors (Lipinski definition) is 4. The van der Waals surface area contributed by atoms with Crippen molar-refractivity contribution in [3.8, 4) is 5.75 Å². The van der Waals surface area contributed by atoms with E-state index in [1.165, 1.54) is 23.6 Å². The van der Waals surface area contributed by atoms with Crippen molar-refractivity contribution >= 4 is 11.8 Å². The van der Waals surface area contributed by atoms with Crippen molar-refractivity contribution in [2.75, 3.05) is 25.2 Å². The van der Waals surface area contributed by atoms with E-state index >= 15 is 0 Å². The maximum absolute atomic E-state index is 5.42. The van der Waals surface area contributed by atoms with Crippen LogP contribution in [0.5, 0.6) is 5.75 Å². The number of nitrogens with zero attached hydrogens (tertiary/aromatic N) is 2. The van der Waals surface area contributed by atoms with Gasteiger partial charge in [-0.3, -0.25) is 4.68 Å². The zero-order valence-corrected chi connectivity index (χ0v) is 11.6. The fourth-order valence-electron chi connectivity index (χ4n) is 2.46. The molecule has 0 bridgehead atoms. The molecule has 5 heteroatoms. The van der Waals surface area contributed by atoms with Gasteiger partial charge in [-0.05, 0) is 30.4 Å². The van der Waals surface area contributed by atoms with Crippen molar-refractivity contribution in [1.82, 2.24) is 15.1 Å². The number of hydrogen-bond donors (Lipinski definition) is 1. The molecule has 0 aromatic carbocycles. The molecular formula is C12H21N3OS. The van der Waals surface area contributed by atoms with Gasteiger partial charge in [-0.2, -0.15) is 16.9 Å². The molecule has 2 rings (SSSR count). The van der Waals surface area contributed by atoms with Crippen LogP contribution in [0.15, 0.2) is 6.20 Å². The van der Waals surface area contributed by atoms with Crippen LogP contribution >= 0.6 is 11.8 Å². The summed E-state index contributed by atoms with van der Waals surface area (Å²) in [5.41, 5.74) is 1.18. The van der Waals surface area contributed by atoms with Crippen molar-refractivity contribution < 1.29 is 4.74 Å². The second kappa shape index (κ2) is 5.78. The summed E-state index contributed by atoms with van der Waals surface area (Å²) in [6.45, 7) is 3.12. The molecule has 0 radical (unpaired) electrons. The number of rotatable bonds is 5. The second-order valence-corrected chi connectivity index (χ2v) is 5.53. The number of methoxy groups -OCH3 is 1. The molecular weight excluding hydrogens is 234 g/mol. The Bertz CT molecular complexity index is 361. The normalized spacial score (nSPS) is 21.7. The summed E-state index contributed by atoms with van der Waals surface area (Å²) >= 11 is 2.04. The zero-order valence-electron chi connectivity index (χ0n) is 10.8. The summed E-state index contributed by atoms with van der Waals surface area (Å²) < 4.78 is 7.36. The first-order valence-corrected chi connectivity index (χ1v) is 7.30. The van der Waals surface area contributed by atoms with E-state index in [9.17, 15) is 0 Å². The largest absolute Gasteiger partial charge is 0.493 e. The van der Waals surface area contributed by atoms with E-state index in [-0.39, 0.29) is 0 Å². The van der Waals surface area contributed by atoms with Gasteiger partial charge in [0.15, 0.2) is 5.75 Å². The third-order valence-corrected chi connectivity index (χ3v) is 4.51. The summed E-state index contributed by atoms with van der Waals surface area (Å²) in [6, 6.07) is 0.359. The minimum Gasteiger partial charge on any atom is -0.493 e. The molecule has 1 fully saturated rings. The molecule has 0 amide bonds. The maximum Gasteiger partial charge on any atom is 0.161 e. The minimum atomic E-state index is 0.359. The Morgan fingerprint density at radius 3 is 3.12 bits per heavy atom. The zero-order chi connectivity index (χ0) is 12.3. The van der Waals surface area contributed by atoms with E-state index in [0.717, 1.165) is 12.3 Å². The topological polar surface area (TPSA) is 39.1 Å². The van der Waals surface area contributed by atoms with Gasteiger partial charge in [-0.25, -0.2) is 0 Å². The summed E-state index contributed by atoms with van der Waals surface area (Å²) in [6.07, 6.45) is 3.08. The molecule has 1 aliphatic heterocycles. The van der Waals surface area contributed by atoms with E-state index < -0.39 is 0 Å². The van der Waals surface area contributed by atoms with Crippen LogP contribution in [-0.4, -0.2) is 34.9 Å². The van der Waals surface area contributed by atoms with Crippen molar-refractivity contribution in [2.45, 2.75) is 19.4 Å². The number of aromatic nitrogens is 2. The molecule has 4 nitrogen and oxygen atoms in total. The van der Waals surface area contributed by atoms with Crippen LogP contribution in [-0.2, 0) is 7.05 Å². The van der Waals surface area contributed by atoms with Crippen LogP contribution in [0.4, 0.5) is 0 Å². The number of aryl methyl sites for hydroxylation is 1. The molecule has 96 valence electrons. The summed E-state index contributed by atoms with van der Waals surface area (Å²) in [5, 5.41) is 7.90. The second-order valence-electron chi connectivity index (χ2n) is 4.38. The van der Waals surface area contributed by atoms with Gasteiger partial charge in [0.1, 0.15) is 0 Å². The van der Waals surface area contributed by atoms with E-state index in [2.05, 4.69) is 17.3 Å². The molecule has 1 aromatic rings. The van der Waals surface area contributed by atoms with E-state index in [1.807, 2.05) is 29.7 Å². The van der Waals surface area contributed by atoms with Crippen molar-refractivity contribution in [1.29, 1.82) is 0 Å². The molecule has 1 aliphatic rings. The molecule has 17 heavy (non-hydrogen) atoms. The molecule has 0 aliphatic carbocycles. The van der Waals surface area contributed by atoms with Gasteiger partial charge in [-0.15, -0.1) is 0 Å².